The van der Waals surface area contributed by atoms with E-state index in [9.17, 15) is 4.79 Å². The largest absolute Gasteiger partial charge is 0.446 e. The van der Waals surface area contributed by atoms with E-state index < -0.39 is 0 Å². The van der Waals surface area contributed by atoms with Crippen molar-refractivity contribution in [2.45, 2.75) is 58.3 Å². The Bertz CT molecular complexity index is 484. The van der Waals surface area contributed by atoms with E-state index in [1.807, 2.05) is 44.2 Å². The van der Waals surface area contributed by atoms with E-state index in [1.165, 1.54) is 0 Å². The molecule has 5 nitrogen and oxygen atoms in total. The van der Waals surface area contributed by atoms with Crippen molar-refractivity contribution in [2.24, 2.45) is 5.73 Å². The zero-order chi connectivity index (χ0) is 16.8. The number of piperidine rings is 1. The van der Waals surface area contributed by atoms with Gasteiger partial charge in [0.25, 0.3) is 0 Å². The zero-order valence-corrected chi connectivity index (χ0v) is 14.4. The molecule has 1 unspecified atom stereocenters. The van der Waals surface area contributed by atoms with Crippen molar-refractivity contribution >= 4 is 11.8 Å². The van der Waals surface area contributed by atoms with E-state index in [2.05, 4.69) is 11.8 Å². The van der Waals surface area contributed by atoms with Crippen LogP contribution in [0.3, 0.4) is 0 Å². The van der Waals surface area contributed by atoms with E-state index in [-0.39, 0.29) is 24.4 Å². The molecule has 0 radical (unpaired) electrons. The highest BCUT2D eigenvalue weighted by Gasteiger charge is 2.28. The van der Waals surface area contributed by atoms with Crippen LogP contribution in [0.2, 0.25) is 0 Å². The molecule has 2 rings (SSSR count). The summed E-state index contributed by atoms with van der Waals surface area (Å²) >= 11 is 0. The highest BCUT2D eigenvalue weighted by Crippen LogP contribution is 2.21. The molecule has 23 heavy (non-hydrogen) atoms. The van der Waals surface area contributed by atoms with Gasteiger partial charge < -0.3 is 10.5 Å². The molecule has 5 heteroatoms. The number of hydrogen-bond acceptors (Lipinski definition) is 4. The number of hydrogen-bond donors (Lipinski definition) is 1. The predicted molar refractivity (Wildman–Crippen MR) is 93.4 cm³/mol. The van der Waals surface area contributed by atoms with Gasteiger partial charge in [-0.15, -0.1) is 0 Å². The minimum Gasteiger partial charge on any atom is -0.446 e. The molecule has 0 aromatic heterocycles. The monoisotopic (exact) mass is 319 g/mol. The molecule has 1 saturated heterocycles. The van der Waals surface area contributed by atoms with E-state index in [0.29, 0.717) is 0 Å². The van der Waals surface area contributed by atoms with Crippen LogP contribution in [0.25, 0.3) is 0 Å². The maximum absolute atomic E-state index is 12.6. The number of ether oxygens (including phenoxy) is 1. The van der Waals surface area contributed by atoms with Crippen LogP contribution in [-0.4, -0.2) is 42.4 Å². The lowest BCUT2D eigenvalue weighted by molar-refractivity contribution is 0.0407. The van der Waals surface area contributed by atoms with Gasteiger partial charge in [-0.05, 0) is 45.2 Å². The van der Waals surface area contributed by atoms with Crippen molar-refractivity contribution in [3.05, 3.63) is 30.3 Å². The Morgan fingerprint density at radius 3 is 2.43 bits per heavy atom. The van der Waals surface area contributed by atoms with Crippen LogP contribution >= 0.6 is 0 Å². The second kappa shape index (κ2) is 8.31. The highest BCUT2D eigenvalue weighted by atomic mass is 16.6. The van der Waals surface area contributed by atoms with Crippen molar-refractivity contribution in [3.8, 4) is 0 Å². The zero-order valence-electron chi connectivity index (χ0n) is 14.4. The molecular weight excluding hydrogens is 290 g/mol. The highest BCUT2D eigenvalue weighted by molar-refractivity contribution is 5.88. The number of carbonyl (C=O) groups excluding carboxylic acids is 1. The average Bonchev–Trinajstić information content (AvgIpc) is 2.55. The lowest BCUT2D eigenvalue weighted by Crippen LogP contribution is -2.48. The minimum absolute atomic E-state index is 0.0206. The van der Waals surface area contributed by atoms with Crippen molar-refractivity contribution in [2.75, 3.05) is 18.0 Å². The Morgan fingerprint density at radius 1 is 1.30 bits per heavy atom. The molecule has 128 valence electrons. The summed E-state index contributed by atoms with van der Waals surface area (Å²) in [6, 6.07) is 9.73. The topological polar surface area (TPSA) is 58.8 Å². The summed E-state index contributed by atoms with van der Waals surface area (Å²) < 4.78 is 5.75. The van der Waals surface area contributed by atoms with Crippen LogP contribution in [0.15, 0.2) is 30.3 Å². The van der Waals surface area contributed by atoms with Crippen LogP contribution in [0.1, 0.15) is 40.0 Å². The van der Waals surface area contributed by atoms with Crippen molar-refractivity contribution in [3.63, 3.8) is 0 Å². The van der Waals surface area contributed by atoms with Gasteiger partial charge in [0.2, 0.25) is 0 Å². The molecule has 0 spiro atoms. The molecule has 1 amide bonds. The normalized spacial score (nSPS) is 18.0. The molecule has 1 aliphatic heterocycles. The standard InChI is InChI=1S/C18H29N3O2/c1-4-17(19)20-12-10-16(11-13-20)23-18(22)21(14(2)3)15-8-6-5-7-9-15/h5-9,14,16-17H,4,10-13,19H2,1-3H3. The van der Waals surface area contributed by atoms with Crippen molar-refractivity contribution in [1.29, 1.82) is 0 Å². The third kappa shape index (κ3) is 4.69. The van der Waals surface area contributed by atoms with Gasteiger partial charge in [0.05, 0.1) is 6.17 Å². The van der Waals surface area contributed by atoms with Gasteiger partial charge in [-0.2, -0.15) is 0 Å². The molecule has 1 atom stereocenters. The van der Waals surface area contributed by atoms with Gasteiger partial charge in [0.15, 0.2) is 0 Å². The molecule has 1 aliphatic rings. The smallest absolute Gasteiger partial charge is 0.414 e. The molecule has 1 aromatic rings. The Kier molecular flexibility index (Phi) is 6.42. The Hall–Kier alpha value is -1.59. The van der Waals surface area contributed by atoms with E-state index in [0.717, 1.165) is 38.0 Å². The SMILES string of the molecule is CCC(N)N1CCC(OC(=O)N(c2ccccc2)C(C)C)CC1. The number of amides is 1. The van der Waals surface area contributed by atoms with Crippen LogP contribution in [-0.2, 0) is 4.74 Å². The number of anilines is 1. The summed E-state index contributed by atoms with van der Waals surface area (Å²) in [5.41, 5.74) is 6.94. The molecule has 1 fully saturated rings. The molecular formula is C18H29N3O2. The number of rotatable bonds is 5. The second-order valence-corrected chi connectivity index (χ2v) is 6.39. The van der Waals surface area contributed by atoms with E-state index in [4.69, 9.17) is 10.5 Å². The fraction of sp³-hybridized carbons (Fsp3) is 0.611. The second-order valence-electron chi connectivity index (χ2n) is 6.39. The number of para-hydroxylation sites is 1. The molecule has 0 aliphatic carbocycles. The molecule has 1 heterocycles. The van der Waals surface area contributed by atoms with Crippen molar-refractivity contribution in [1.82, 2.24) is 4.90 Å². The summed E-state index contributed by atoms with van der Waals surface area (Å²) in [5, 5.41) is 0. The molecule has 2 N–H and O–H groups in total. The predicted octanol–water partition coefficient (Wildman–Crippen LogP) is 3.20. The fourth-order valence-corrected chi connectivity index (χ4v) is 2.99. The average molecular weight is 319 g/mol. The lowest BCUT2D eigenvalue weighted by atomic mass is 10.1. The summed E-state index contributed by atoms with van der Waals surface area (Å²) in [4.78, 5) is 16.6. The molecule has 0 saturated carbocycles. The number of nitrogens with two attached hydrogens (primary N) is 1. The van der Waals surface area contributed by atoms with Crippen molar-refractivity contribution < 1.29 is 9.53 Å². The summed E-state index contributed by atoms with van der Waals surface area (Å²) in [6.07, 6.45) is 2.47. The first kappa shape index (κ1) is 17.8. The van der Waals surface area contributed by atoms with Gasteiger partial charge in [0, 0.05) is 24.8 Å². The quantitative estimate of drug-likeness (QED) is 0.905. The molecule has 1 aromatic carbocycles. The summed E-state index contributed by atoms with van der Waals surface area (Å²) in [6.45, 7) is 7.87. The molecule has 0 bridgehead atoms. The fourth-order valence-electron chi connectivity index (χ4n) is 2.99. The first-order valence-electron chi connectivity index (χ1n) is 8.57. The number of likely N-dealkylation sites (tertiary alicyclic amines) is 1. The van der Waals surface area contributed by atoms with E-state index in [1.54, 1.807) is 4.90 Å². The third-order valence-electron chi connectivity index (χ3n) is 4.38. The van der Waals surface area contributed by atoms with Crippen LogP contribution in [0, 0.1) is 0 Å². The van der Waals surface area contributed by atoms with Crippen LogP contribution in [0.5, 0.6) is 0 Å². The van der Waals surface area contributed by atoms with Gasteiger partial charge in [0.1, 0.15) is 6.10 Å². The number of benzene rings is 1. The van der Waals surface area contributed by atoms with Gasteiger partial charge in [-0.25, -0.2) is 4.79 Å². The maximum Gasteiger partial charge on any atom is 0.414 e. The first-order valence-corrected chi connectivity index (χ1v) is 8.57. The minimum atomic E-state index is -0.260. The summed E-state index contributed by atoms with van der Waals surface area (Å²) in [5.74, 6) is 0. The van der Waals surface area contributed by atoms with Gasteiger partial charge >= 0.3 is 6.09 Å². The Morgan fingerprint density at radius 2 is 1.91 bits per heavy atom. The van der Waals surface area contributed by atoms with Gasteiger partial charge in [-0.3, -0.25) is 9.80 Å². The lowest BCUT2D eigenvalue weighted by Gasteiger charge is -2.36. The summed E-state index contributed by atoms with van der Waals surface area (Å²) in [7, 11) is 0. The number of carbonyl (C=O) groups is 1. The third-order valence-corrected chi connectivity index (χ3v) is 4.38. The van der Waals surface area contributed by atoms with Gasteiger partial charge in [-0.1, -0.05) is 25.1 Å². The maximum atomic E-state index is 12.6. The Balaban J connectivity index is 1.93. The first-order chi connectivity index (χ1) is 11.0. The Labute approximate surface area is 139 Å². The van der Waals surface area contributed by atoms with Crippen LogP contribution in [0.4, 0.5) is 10.5 Å². The van der Waals surface area contributed by atoms with Crippen LogP contribution < -0.4 is 10.6 Å². The van der Waals surface area contributed by atoms with E-state index >= 15 is 0 Å². The number of nitrogens with zero attached hydrogens (tertiary/aromatic N) is 2.